The Bertz CT molecular complexity index is 805. The molecule has 1 N–H and O–H groups in total. The third kappa shape index (κ3) is 4.74. The van der Waals surface area contributed by atoms with E-state index in [1.807, 2.05) is 0 Å². The summed E-state index contributed by atoms with van der Waals surface area (Å²) in [5.41, 5.74) is 1.18. The van der Waals surface area contributed by atoms with Crippen LogP contribution in [0.2, 0.25) is 5.02 Å². The molecule has 0 aromatic heterocycles. The first-order chi connectivity index (χ1) is 11.1. The van der Waals surface area contributed by atoms with Crippen molar-refractivity contribution in [2.24, 2.45) is 0 Å². The standard InChI is InChI=1S/C17H11ClFN3O/c18-16-7-15(23-11-12-2-1-3-14(19)6-12)4-5-17(16)22-10-13(8-20)9-21/h1-7,10,22H,11H2. The first kappa shape index (κ1) is 16.4. The average Bonchev–Trinajstić information content (AvgIpc) is 2.55. The van der Waals surface area contributed by atoms with Crippen molar-refractivity contribution >= 4 is 17.3 Å². The van der Waals surface area contributed by atoms with Crippen LogP contribution in [0.5, 0.6) is 5.75 Å². The monoisotopic (exact) mass is 327 g/mol. The summed E-state index contributed by atoms with van der Waals surface area (Å²) in [7, 11) is 0. The highest BCUT2D eigenvalue weighted by Gasteiger charge is 2.03. The zero-order valence-electron chi connectivity index (χ0n) is 11.9. The summed E-state index contributed by atoms with van der Waals surface area (Å²) in [5.74, 6) is 0.204. The molecule has 0 aliphatic heterocycles. The van der Waals surface area contributed by atoms with Gasteiger partial charge in [-0.05, 0) is 29.8 Å². The first-order valence-electron chi connectivity index (χ1n) is 6.56. The van der Waals surface area contributed by atoms with Gasteiger partial charge in [-0.15, -0.1) is 0 Å². The van der Waals surface area contributed by atoms with E-state index in [4.69, 9.17) is 26.9 Å². The molecule has 2 aromatic rings. The molecule has 0 radical (unpaired) electrons. The number of rotatable bonds is 5. The molecule has 0 unspecified atom stereocenters. The number of allylic oxidation sites excluding steroid dienone is 1. The highest BCUT2D eigenvalue weighted by molar-refractivity contribution is 6.33. The quantitative estimate of drug-likeness (QED) is 0.826. The average molecular weight is 328 g/mol. The molecule has 0 saturated heterocycles. The van der Waals surface area contributed by atoms with Crippen LogP contribution in [0.1, 0.15) is 5.56 Å². The van der Waals surface area contributed by atoms with Gasteiger partial charge in [0.1, 0.15) is 35.9 Å². The third-order valence-electron chi connectivity index (χ3n) is 2.85. The number of anilines is 1. The van der Waals surface area contributed by atoms with Crippen molar-refractivity contribution in [2.45, 2.75) is 6.61 Å². The predicted octanol–water partition coefficient (Wildman–Crippen LogP) is 4.40. The van der Waals surface area contributed by atoms with Gasteiger partial charge in [0.25, 0.3) is 0 Å². The van der Waals surface area contributed by atoms with Crippen molar-refractivity contribution in [3.8, 4) is 17.9 Å². The first-order valence-corrected chi connectivity index (χ1v) is 6.94. The van der Waals surface area contributed by atoms with E-state index in [2.05, 4.69) is 5.32 Å². The molecule has 0 fully saturated rings. The lowest BCUT2D eigenvalue weighted by Crippen LogP contribution is -1.97. The molecule has 0 heterocycles. The van der Waals surface area contributed by atoms with E-state index in [0.29, 0.717) is 22.0 Å². The van der Waals surface area contributed by atoms with Gasteiger partial charge in [0.05, 0.1) is 10.7 Å². The van der Waals surface area contributed by atoms with Crippen LogP contribution in [0, 0.1) is 28.5 Å². The van der Waals surface area contributed by atoms with E-state index in [1.54, 1.807) is 42.5 Å². The molecular formula is C17H11ClFN3O. The number of benzene rings is 2. The number of hydrogen-bond donors (Lipinski definition) is 1. The summed E-state index contributed by atoms with van der Waals surface area (Å²) < 4.78 is 18.6. The Kier molecular flexibility index (Phi) is 5.57. The molecule has 4 nitrogen and oxygen atoms in total. The summed E-state index contributed by atoms with van der Waals surface area (Å²) in [6.45, 7) is 0.216. The van der Waals surface area contributed by atoms with Crippen molar-refractivity contribution < 1.29 is 9.13 Å². The molecule has 0 bridgehead atoms. The zero-order valence-corrected chi connectivity index (χ0v) is 12.6. The second-order valence-corrected chi connectivity index (χ2v) is 4.89. The Morgan fingerprint density at radius 3 is 2.65 bits per heavy atom. The highest BCUT2D eigenvalue weighted by Crippen LogP contribution is 2.27. The van der Waals surface area contributed by atoms with Gasteiger partial charge in [0.2, 0.25) is 0 Å². The van der Waals surface area contributed by atoms with Gasteiger partial charge in [0.15, 0.2) is 0 Å². The van der Waals surface area contributed by atoms with Gasteiger partial charge in [-0.25, -0.2) is 4.39 Å². The molecule has 0 aliphatic rings. The fourth-order valence-corrected chi connectivity index (χ4v) is 1.96. The van der Waals surface area contributed by atoms with Gasteiger partial charge < -0.3 is 10.1 Å². The van der Waals surface area contributed by atoms with Crippen LogP contribution in [0.25, 0.3) is 0 Å². The van der Waals surface area contributed by atoms with Crippen molar-refractivity contribution in [2.75, 3.05) is 5.32 Å². The molecule has 23 heavy (non-hydrogen) atoms. The SMILES string of the molecule is N#CC(C#N)=CNc1ccc(OCc2cccc(F)c2)cc1Cl. The minimum Gasteiger partial charge on any atom is -0.489 e. The Morgan fingerprint density at radius 2 is 2.00 bits per heavy atom. The molecule has 0 atom stereocenters. The number of halogens is 2. The van der Waals surface area contributed by atoms with Gasteiger partial charge in [-0.2, -0.15) is 10.5 Å². The van der Waals surface area contributed by atoms with Crippen molar-refractivity contribution in [3.05, 3.63) is 70.6 Å². The highest BCUT2D eigenvalue weighted by atomic mass is 35.5. The fraction of sp³-hybridized carbons (Fsp3) is 0.0588. The molecule has 0 aliphatic carbocycles. The van der Waals surface area contributed by atoms with Gasteiger partial charge >= 0.3 is 0 Å². The van der Waals surface area contributed by atoms with Crippen LogP contribution in [0.4, 0.5) is 10.1 Å². The normalized spacial score (nSPS) is 9.39. The van der Waals surface area contributed by atoms with Gasteiger partial charge in [-0.1, -0.05) is 23.7 Å². The lowest BCUT2D eigenvalue weighted by molar-refractivity contribution is 0.305. The molecule has 0 saturated carbocycles. The van der Waals surface area contributed by atoms with E-state index in [0.717, 1.165) is 0 Å². The van der Waals surface area contributed by atoms with Crippen LogP contribution in [-0.4, -0.2) is 0 Å². The summed E-state index contributed by atoms with van der Waals surface area (Å²) in [5, 5.41) is 20.5. The Morgan fingerprint density at radius 1 is 1.22 bits per heavy atom. The van der Waals surface area contributed by atoms with Gasteiger partial charge in [-0.3, -0.25) is 0 Å². The number of hydrogen-bond acceptors (Lipinski definition) is 4. The second kappa shape index (κ2) is 7.84. The molecule has 2 aromatic carbocycles. The number of ether oxygens (including phenoxy) is 1. The van der Waals surface area contributed by atoms with Gasteiger partial charge in [0, 0.05) is 12.3 Å². The summed E-state index contributed by atoms with van der Waals surface area (Å²) >= 11 is 6.11. The Balaban J connectivity index is 2.03. The third-order valence-corrected chi connectivity index (χ3v) is 3.16. The van der Waals surface area contributed by atoms with Crippen LogP contribution in [-0.2, 0) is 6.61 Å². The number of nitriles is 2. The van der Waals surface area contributed by atoms with Crippen molar-refractivity contribution in [1.82, 2.24) is 0 Å². The maximum Gasteiger partial charge on any atom is 0.145 e. The van der Waals surface area contributed by atoms with Crippen molar-refractivity contribution in [3.63, 3.8) is 0 Å². The lowest BCUT2D eigenvalue weighted by Gasteiger charge is -2.09. The Hall–Kier alpha value is -3.02. The molecule has 0 amide bonds. The van der Waals surface area contributed by atoms with E-state index >= 15 is 0 Å². The topological polar surface area (TPSA) is 68.8 Å². The molecule has 2 rings (SSSR count). The number of nitrogens with one attached hydrogen (secondary N) is 1. The molecular weight excluding hydrogens is 317 g/mol. The largest absolute Gasteiger partial charge is 0.489 e. The summed E-state index contributed by atoms with van der Waals surface area (Å²) in [6, 6.07) is 14.5. The minimum atomic E-state index is -0.318. The van der Waals surface area contributed by atoms with Crippen LogP contribution < -0.4 is 10.1 Å². The summed E-state index contributed by atoms with van der Waals surface area (Å²) in [4.78, 5) is 0. The van der Waals surface area contributed by atoms with Crippen molar-refractivity contribution in [1.29, 1.82) is 10.5 Å². The van der Waals surface area contributed by atoms with E-state index in [-0.39, 0.29) is 18.0 Å². The zero-order chi connectivity index (χ0) is 16.7. The second-order valence-electron chi connectivity index (χ2n) is 4.49. The maximum absolute atomic E-state index is 13.1. The number of nitrogens with zero attached hydrogens (tertiary/aromatic N) is 2. The van der Waals surface area contributed by atoms with Crippen LogP contribution in [0.3, 0.4) is 0 Å². The van der Waals surface area contributed by atoms with E-state index in [1.165, 1.54) is 18.3 Å². The molecule has 6 heteroatoms. The minimum absolute atomic E-state index is 0.0625. The fourth-order valence-electron chi connectivity index (χ4n) is 1.74. The predicted molar refractivity (Wildman–Crippen MR) is 85.1 cm³/mol. The summed E-state index contributed by atoms with van der Waals surface area (Å²) in [6.07, 6.45) is 1.27. The van der Waals surface area contributed by atoms with E-state index in [9.17, 15) is 4.39 Å². The van der Waals surface area contributed by atoms with E-state index < -0.39 is 0 Å². The van der Waals surface area contributed by atoms with Crippen LogP contribution >= 0.6 is 11.6 Å². The molecule has 0 spiro atoms. The lowest BCUT2D eigenvalue weighted by atomic mass is 10.2. The van der Waals surface area contributed by atoms with Crippen LogP contribution in [0.15, 0.2) is 54.2 Å². The maximum atomic E-state index is 13.1. The smallest absolute Gasteiger partial charge is 0.145 e. The Labute approximate surface area is 138 Å². The molecule has 114 valence electrons.